The number of nitrogens with one attached hydrogen (secondary N) is 1. The SMILES string of the molecule is CCC(=O)N1C=C(NC(=O)c2ccc(F)cc2)CC1. The zero-order valence-electron chi connectivity index (χ0n) is 10.6. The van der Waals surface area contributed by atoms with Crippen LogP contribution >= 0.6 is 0 Å². The van der Waals surface area contributed by atoms with Crippen LogP contribution in [-0.2, 0) is 4.79 Å². The van der Waals surface area contributed by atoms with E-state index in [4.69, 9.17) is 0 Å². The van der Waals surface area contributed by atoms with Gasteiger partial charge in [0.2, 0.25) is 5.91 Å². The second-order valence-corrected chi connectivity index (χ2v) is 4.31. The second-order valence-electron chi connectivity index (χ2n) is 4.31. The van der Waals surface area contributed by atoms with Crippen LogP contribution in [0.25, 0.3) is 0 Å². The Morgan fingerprint density at radius 2 is 2.00 bits per heavy atom. The highest BCUT2D eigenvalue weighted by Crippen LogP contribution is 2.13. The first-order chi connectivity index (χ1) is 9.10. The Bertz CT molecular complexity index is 523. The van der Waals surface area contributed by atoms with Gasteiger partial charge < -0.3 is 10.2 Å². The fourth-order valence-corrected chi connectivity index (χ4v) is 1.87. The van der Waals surface area contributed by atoms with Crippen molar-refractivity contribution in [2.45, 2.75) is 19.8 Å². The average molecular weight is 262 g/mol. The van der Waals surface area contributed by atoms with Gasteiger partial charge in [-0.3, -0.25) is 9.59 Å². The van der Waals surface area contributed by atoms with Gasteiger partial charge in [0.15, 0.2) is 0 Å². The van der Waals surface area contributed by atoms with Gasteiger partial charge in [0, 0.05) is 36.8 Å². The van der Waals surface area contributed by atoms with E-state index in [0.29, 0.717) is 30.6 Å². The molecule has 1 heterocycles. The van der Waals surface area contributed by atoms with Crippen molar-refractivity contribution < 1.29 is 14.0 Å². The van der Waals surface area contributed by atoms with E-state index < -0.39 is 0 Å². The van der Waals surface area contributed by atoms with Crippen molar-refractivity contribution in [1.29, 1.82) is 0 Å². The van der Waals surface area contributed by atoms with Crippen LogP contribution in [0, 0.1) is 5.82 Å². The van der Waals surface area contributed by atoms with Gasteiger partial charge in [0.1, 0.15) is 5.82 Å². The van der Waals surface area contributed by atoms with Crippen molar-refractivity contribution in [2.24, 2.45) is 0 Å². The molecular weight excluding hydrogens is 247 g/mol. The number of nitrogens with zero attached hydrogens (tertiary/aromatic N) is 1. The third kappa shape index (κ3) is 3.19. The van der Waals surface area contributed by atoms with Crippen molar-refractivity contribution in [2.75, 3.05) is 6.54 Å². The van der Waals surface area contributed by atoms with Gasteiger partial charge >= 0.3 is 0 Å². The number of benzene rings is 1. The Morgan fingerprint density at radius 3 is 2.63 bits per heavy atom. The lowest BCUT2D eigenvalue weighted by molar-refractivity contribution is -0.127. The lowest BCUT2D eigenvalue weighted by Crippen LogP contribution is -2.22. The number of hydrogen-bond donors (Lipinski definition) is 1. The summed E-state index contributed by atoms with van der Waals surface area (Å²) in [5.41, 5.74) is 1.10. The number of hydrogen-bond acceptors (Lipinski definition) is 2. The molecule has 0 spiro atoms. The van der Waals surface area contributed by atoms with E-state index in [1.54, 1.807) is 18.0 Å². The number of carbonyl (C=O) groups is 2. The lowest BCUT2D eigenvalue weighted by atomic mass is 10.2. The summed E-state index contributed by atoms with van der Waals surface area (Å²) < 4.78 is 12.7. The molecule has 19 heavy (non-hydrogen) atoms. The second kappa shape index (κ2) is 5.65. The van der Waals surface area contributed by atoms with Crippen molar-refractivity contribution in [1.82, 2.24) is 10.2 Å². The summed E-state index contributed by atoms with van der Waals surface area (Å²) in [5, 5.41) is 2.73. The summed E-state index contributed by atoms with van der Waals surface area (Å²) in [6.45, 7) is 2.39. The molecule has 4 nitrogen and oxygen atoms in total. The average Bonchev–Trinajstić information content (AvgIpc) is 2.87. The predicted molar refractivity (Wildman–Crippen MR) is 68.6 cm³/mol. The Balaban J connectivity index is 2.00. The van der Waals surface area contributed by atoms with Gasteiger partial charge in [0.25, 0.3) is 5.91 Å². The van der Waals surface area contributed by atoms with Gasteiger partial charge in [0.05, 0.1) is 0 Å². The van der Waals surface area contributed by atoms with Crippen LogP contribution in [0.4, 0.5) is 4.39 Å². The topological polar surface area (TPSA) is 49.4 Å². The van der Waals surface area contributed by atoms with Crippen LogP contribution < -0.4 is 5.32 Å². The highest BCUT2D eigenvalue weighted by molar-refractivity contribution is 5.95. The van der Waals surface area contributed by atoms with E-state index in [0.717, 1.165) is 0 Å². The molecule has 0 aliphatic carbocycles. The molecule has 2 rings (SSSR count). The quantitative estimate of drug-likeness (QED) is 0.906. The predicted octanol–water partition coefficient (Wildman–Crippen LogP) is 2.04. The molecule has 100 valence electrons. The van der Waals surface area contributed by atoms with E-state index in [1.165, 1.54) is 24.3 Å². The molecule has 1 aliphatic heterocycles. The summed E-state index contributed by atoms with van der Waals surface area (Å²) in [6, 6.07) is 5.33. The van der Waals surface area contributed by atoms with E-state index in [2.05, 4.69) is 5.32 Å². The fraction of sp³-hybridized carbons (Fsp3) is 0.286. The third-order valence-electron chi connectivity index (χ3n) is 2.94. The summed E-state index contributed by atoms with van der Waals surface area (Å²) >= 11 is 0. The van der Waals surface area contributed by atoms with E-state index >= 15 is 0 Å². The minimum Gasteiger partial charge on any atom is -0.324 e. The number of amides is 2. The van der Waals surface area contributed by atoms with Crippen LogP contribution in [0.2, 0.25) is 0 Å². The first kappa shape index (κ1) is 13.3. The highest BCUT2D eigenvalue weighted by Gasteiger charge is 2.18. The minimum atomic E-state index is -0.378. The van der Waals surface area contributed by atoms with Crippen molar-refractivity contribution in [3.8, 4) is 0 Å². The van der Waals surface area contributed by atoms with Crippen LogP contribution in [0.3, 0.4) is 0 Å². The van der Waals surface area contributed by atoms with Gasteiger partial charge in [-0.1, -0.05) is 6.92 Å². The van der Waals surface area contributed by atoms with Crippen LogP contribution in [0.1, 0.15) is 30.1 Å². The van der Waals surface area contributed by atoms with Crippen molar-refractivity contribution in [3.05, 3.63) is 47.5 Å². The van der Waals surface area contributed by atoms with E-state index in [-0.39, 0.29) is 17.6 Å². The maximum Gasteiger partial charge on any atom is 0.255 e. The molecule has 1 aromatic carbocycles. The fourth-order valence-electron chi connectivity index (χ4n) is 1.87. The summed E-state index contributed by atoms with van der Waals surface area (Å²) in [7, 11) is 0. The molecule has 1 aliphatic rings. The standard InChI is InChI=1S/C14H15FN2O2/c1-2-13(18)17-8-7-12(9-17)16-14(19)10-3-5-11(15)6-4-10/h3-6,9H,2,7-8H2,1H3,(H,16,19). The molecule has 5 heteroatoms. The van der Waals surface area contributed by atoms with Crippen LogP contribution in [0.5, 0.6) is 0 Å². The first-order valence-corrected chi connectivity index (χ1v) is 6.17. The molecule has 0 fully saturated rings. The Kier molecular flexibility index (Phi) is 3.94. The molecule has 0 saturated heterocycles. The Morgan fingerprint density at radius 1 is 1.32 bits per heavy atom. The van der Waals surface area contributed by atoms with E-state index in [9.17, 15) is 14.0 Å². The van der Waals surface area contributed by atoms with Gasteiger partial charge in [-0.25, -0.2) is 4.39 Å². The minimum absolute atomic E-state index is 0.0334. The van der Waals surface area contributed by atoms with E-state index in [1.807, 2.05) is 0 Å². The maximum atomic E-state index is 12.7. The molecule has 0 aromatic heterocycles. The monoisotopic (exact) mass is 262 g/mol. The molecular formula is C14H15FN2O2. The van der Waals surface area contributed by atoms with Crippen LogP contribution in [0.15, 0.2) is 36.2 Å². The molecule has 0 bridgehead atoms. The first-order valence-electron chi connectivity index (χ1n) is 6.17. The number of rotatable bonds is 3. The van der Waals surface area contributed by atoms with Crippen LogP contribution in [-0.4, -0.2) is 23.3 Å². The Hall–Kier alpha value is -2.17. The largest absolute Gasteiger partial charge is 0.324 e. The maximum absolute atomic E-state index is 12.7. The zero-order chi connectivity index (χ0) is 13.8. The molecule has 0 atom stereocenters. The van der Waals surface area contributed by atoms with Crippen molar-refractivity contribution in [3.63, 3.8) is 0 Å². The smallest absolute Gasteiger partial charge is 0.255 e. The third-order valence-corrected chi connectivity index (χ3v) is 2.94. The molecule has 1 N–H and O–H groups in total. The highest BCUT2D eigenvalue weighted by atomic mass is 19.1. The molecule has 0 unspecified atom stereocenters. The lowest BCUT2D eigenvalue weighted by Gasteiger charge is -2.10. The molecule has 1 aromatic rings. The number of halogens is 1. The van der Waals surface area contributed by atoms with Gasteiger partial charge in [-0.05, 0) is 24.3 Å². The zero-order valence-corrected chi connectivity index (χ0v) is 10.6. The molecule has 0 radical (unpaired) electrons. The molecule has 0 saturated carbocycles. The summed E-state index contributed by atoms with van der Waals surface area (Å²) in [5.74, 6) is -0.639. The normalized spacial score (nSPS) is 14.2. The molecule has 2 amide bonds. The van der Waals surface area contributed by atoms with Crippen molar-refractivity contribution >= 4 is 11.8 Å². The number of carbonyl (C=O) groups excluding carboxylic acids is 2. The summed E-state index contributed by atoms with van der Waals surface area (Å²) in [6.07, 6.45) is 2.72. The van der Waals surface area contributed by atoms with Gasteiger partial charge in [-0.2, -0.15) is 0 Å². The van der Waals surface area contributed by atoms with Gasteiger partial charge in [-0.15, -0.1) is 0 Å². The summed E-state index contributed by atoms with van der Waals surface area (Å²) in [4.78, 5) is 25.0. The Labute approximate surface area is 110 Å².